The van der Waals surface area contributed by atoms with E-state index in [1.54, 1.807) is 19.2 Å². The summed E-state index contributed by atoms with van der Waals surface area (Å²) in [6.07, 6.45) is 0. The number of aliphatic imine (C=N–C) groups is 1. The van der Waals surface area contributed by atoms with Crippen LogP contribution in [0.15, 0.2) is 59.6 Å². The van der Waals surface area contributed by atoms with E-state index in [2.05, 4.69) is 44.4 Å². The molecule has 0 aliphatic carbocycles. The van der Waals surface area contributed by atoms with E-state index in [1.807, 2.05) is 12.1 Å². The van der Waals surface area contributed by atoms with Crippen molar-refractivity contribution in [1.29, 1.82) is 0 Å². The van der Waals surface area contributed by atoms with Gasteiger partial charge in [-0.2, -0.15) is 0 Å². The molecule has 0 atom stereocenters. The third kappa shape index (κ3) is 5.56. The van der Waals surface area contributed by atoms with Crippen LogP contribution >= 0.6 is 24.0 Å². The molecule has 1 aliphatic heterocycles. The minimum atomic E-state index is -0.374. The number of halogens is 1. The number of nitrogens with zero attached hydrogens (tertiary/aromatic N) is 4. The van der Waals surface area contributed by atoms with Gasteiger partial charge >= 0.3 is 0 Å². The number of para-hydroxylation sites is 1. The molecule has 7 nitrogen and oxygen atoms in total. The van der Waals surface area contributed by atoms with E-state index >= 15 is 0 Å². The van der Waals surface area contributed by atoms with E-state index < -0.39 is 0 Å². The zero-order chi connectivity index (χ0) is 18.4. The van der Waals surface area contributed by atoms with Crippen LogP contribution in [0.1, 0.15) is 5.56 Å². The average Bonchev–Trinajstić information content (AvgIpc) is 2.70. The average molecular weight is 481 g/mol. The van der Waals surface area contributed by atoms with E-state index in [9.17, 15) is 10.1 Å². The Balaban J connectivity index is 0.00000261. The van der Waals surface area contributed by atoms with Gasteiger partial charge in [0.15, 0.2) is 5.96 Å². The van der Waals surface area contributed by atoms with Crippen molar-refractivity contribution in [3.63, 3.8) is 0 Å². The van der Waals surface area contributed by atoms with Crippen LogP contribution in [0.4, 0.5) is 11.4 Å². The largest absolute Gasteiger partial charge is 0.368 e. The van der Waals surface area contributed by atoms with Crippen molar-refractivity contribution in [1.82, 2.24) is 10.2 Å². The van der Waals surface area contributed by atoms with Crippen LogP contribution in [0.3, 0.4) is 0 Å². The number of anilines is 1. The molecule has 0 saturated carbocycles. The van der Waals surface area contributed by atoms with E-state index in [0.717, 1.165) is 37.7 Å². The lowest BCUT2D eigenvalue weighted by molar-refractivity contribution is -0.384. The molecule has 27 heavy (non-hydrogen) atoms. The lowest BCUT2D eigenvalue weighted by Gasteiger charge is -2.37. The van der Waals surface area contributed by atoms with Gasteiger partial charge in [-0.1, -0.05) is 30.3 Å². The van der Waals surface area contributed by atoms with Gasteiger partial charge in [0.05, 0.1) is 4.92 Å². The fourth-order valence-electron chi connectivity index (χ4n) is 3.11. The minimum absolute atomic E-state index is 0. The monoisotopic (exact) mass is 481 g/mol. The number of hydrogen-bond donors (Lipinski definition) is 1. The molecule has 1 N–H and O–H groups in total. The second-order valence-corrected chi connectivity index (χ2v) is 6.14. The Kier molecular flexibility index (Phi) is 7.83. The Morgan fingerprint density at radius 3 is 2.44 bits per heavy atom. The van der Waals surface area contributed by atoms with Gasteiger partial charge in [0.25, 0.3) is 5.69 Å². The Hall–Kier alpha value is -2.36. The molecule has 1 saturated heterocycles. The van der Waals surface area contributed by atoms with Crippen molar-refractivity contribution in [2.24, 2.45) is 4.99 Å². The normalized spacial score (nSPS) is 14.5. The molecule has 1 fully saturated rings. The Bertz CT molecular complexity index is 777. The summed E-state index contributed by atoms with van der Waals surface area (Å²) in [4.78, 5) is 19.5. The minimum Gasteiger partial charge on any atom is -0.368 e. The summed E-state index contributed by atoms with van der Waals surface area (Å²) in [5, 5.41) is 14.2. The lowest BCUT2D eigenvalue weighted by Crippen LogP contribution is -2.52. The fourth-order valence-corrected chi connectivity index (χ4v) is 3.11. The summed E-state index contributed by atoms with van der Waals surface area (Å²) in [5.41, 5.74) is 2.21. The van der Waals surface area contributed by atoms with Crippen molar-refractivity contribution in [2.75, 3.05) is 38.1 Å². The third-order valence-electron chi connectivity index (χ3n) is 4.48. The van der Waals surface area contributed by atoms with Crippen LogP contribution in [0.2, 0.25) is 0 Å². The maximum Gasteiger partial charge on any atom is 0.269 e. The number of nitrogens with one attached hydrogen (secondary N) is 1. The zero-order valence-electron chi connectivity index (χ0n) is 15.2. The first kappa shape index (κ1) is 20.9. The lowest BCUT2D eigenvalue weighted by atomic mass is 10.2. The highest BCUT2D eigenvalue weighted by molar-refractivity contribution is 14.0. The molecule has 2 aromatic rings. The van der Waals surface area contributed by atoms with Crippen molar-refractivity contribution in [3.8, 4) is 0 Å². The van der Waals surface area contributed by atoms with Crippen LogP contribution in [-0.4, -0.2) is 49.0 Å². The Morgan fingerprint density at radius 1 is 1.11 bits per heavy atom. The summed E-state index contributed by atoms with van der Waals surface area (Å²) in [7, 11) is 1.76. The van der Waals surface area contributed by atoms with E-state index in [0.29, 0.717) is 6.54 Å². The van der Waals surface area contributed by atoms with E-state index in [-0.39, 0.29) is 34.6 Å². The number of benzene rings is 2. The van der Waals surface area contributed by atoms with Crippen LogP contribution in [0, 0.1) is 10.1 Å². The molecule has 8 heteroatoms. The smallest absolute Gasteiger partial charge is 0.269 e. The molecule has 1 aliphatic rings. The SMILES string of the molecule is CN=C(NCc1cccc([N+](=O)[O-])c1)N1CCN(c2ccccc2)CC1.I. The molecule has 0 spiro atoms. The van der Waals surface area contributed by atoms with Gasteiger partial charge in [-0.05, 0) is 17.7 Å². The molecule has 3 rings (SSSR count). The molecule has 0 aromatic heterocycles. The summed E-state index contributed by atoms with van der Waals surface area (Å²) < 4.78 is 0. The standard InChI is InChI=1S/C19H23N5O2.HI/c1-20-19(21-15-16-6-5-9-18(14-16)24(25)26)23-12-10-22(11-13-23)17-7-3-2-4-8-17;/h2-9,14H,10-13,15H2,1H3,(H,20,21);1H. The second-order valence-electron chi connectivity index (χ2n) is 6.14. The predicted molar refractivity (Wildman–Crippen MR) is 119 cm³/mol. The van der Waals surface area contributed by atoms with Crippen LogP contribution < -0.4 is 10.2 Å². The van der Waals surface area contributed by atoms with Gasteiger partial charge in [-0.15, -0.1) is 24.0 Å². The fraction of sp³-hybridized carbons (Fsp3) is 0.316. The molecular formula is C19H24IN5O2. The summed E-state index contributed by atoms with van der Waals surface area (Å²) in [6.45, 7) is 4.13. The number of rotatable bonds is 4. The van der Waals surface area contributed by atoms with Crippen molar-refractivity contribution < 1.29 is 4.92 Å². The highest BCUT2D eigenvalue weighted by Crippen LogP contribution is 2.16. The van der Waals surface area contributed by atoms with Crippen molar-refractivity contribution in [3.05, 3.63) is 70.3 Å². The van der Waals surface area contributed by atoms with E-state index in [1.165, 1.54) is 11.8 Å². The number of nitro benzene ring substituents is 1. The molecule has 0 bridgehead atoms. The molecule has 2 aromatic carbocycles. The highest BCUT2D eigenvalue weighted by atomic mass is 127. The number of nitro groups is 1. The van der Waals surface area contributed by atoms with Gasteiger partial charge in [-0.3, -0.25) is 15.1 Å². The topological polar surface area (TPSA) is 74.0 Å². The van der Waals surface area contributed by atoms with Gasteiger partial charge in [0, 0.05) is 57.6 Å². The van der Waals surface area contributed by atoms with Crippen molar-refractivity contribution >= 4 is 41.3 Å². The van der Waals surface area contributed by atoms with Gasteiger partial charge in [-0.25, -0.2) is 0 Å². The molecule has 144 valence electrons. The van der Waals surface area contributed by atoms with Crippen LogP contribution in [0.25, 0.3) is 0 Å². The quantitative estimate of drug-likeness (QED) is 0.239. The zero-order valence-corrected chi connectivity index (χ0v) is 17.6. The van der Waals surface area contributed by atoms with Gasteiger partial charge in [0.2, 0.25) is 0 Å². The molecule has 0 unspecified atom stereocenters. The number of non-ortho nitro benzene ring substituents is 1. The predicted octanol–water partition coefficient (Wildman–Crippen LogP) is 3.11. The summed E-state index contributed by atoms with van der Waals surface area (Å²) >= 11 is 0. The van der Waals surface area contributed by atoms with E-state index in [4.69, 9.17) is 0 Å². The first-order valence-corrected chi connectivity index (χ1v) is 8.66. The maximum atomic E-state index is 10.9. The van der Waals surface area contributed by atoms with Crippen LogP contribution in [-0.2, 0) is 6.54 Å². The van der Waals surface area contributed by atoms with Crippen LogP contribution in [0.5, 0.6) is 0 Å². The molecule has 0 amide bonds. The number of piperazine rings is 1. The second kappa shape index (κ2) is 10.1. The number of guanidine groups is 1. The highest BCUT2D eigenvalue weighted by Gasteiger charge is 2.19. The summed E-state index contributed by atoms with van der Waals surface area (Å²) in [6, 6.07) is 17.1. The van der Waals surface area contributed by atoms with Gasteiger partial charge in [0.1, 0.15) is 0 Å². The number of hydrogen-bond acceptors (Lipinski definition) is 4. The molecular weight excluding hydrogens is 457 g/mol. The molecule has 0 radical (unpaired) electrons. The van der Waals surface area contributed by atoms with Crippen molar-refractivity contribution in [2.45, 2.75) is 6.54 Å². The molecule has 1 heterocycles. The Morgan fingerprint density at radius 2 is 1.81 bits per heavy atom. The maximum absolute atomic E-state index is 10.9. The summed E-state index contributed by atoms with van der Waals surface area (Å²) in [5.74, 6) is 0.823. The first-order chi connectivity index (χ1) is 12.7. The third-order valence-corrected chi connectivity index (χ3v) is 4.48. The van der Waals surface area contributed by atoms with Gasteiger partial charge < -0.3 is 15.1 Å². The Labute approximate surface area is 176 Å². The first-order valence-electron chi connectivity index (χ1n) is 8.66.